The Balaban J connectivity index is 1.43. The molecule has 10 atom stereocenters. The first-order chi connectivity index (χ1) is 30.8. The third kappa shape index (κ3) is 7.22. The molecule has 4 aliphatic rings. The van der Waals surface area contributed by atoms with Crippen molar-refractivity contribution >= 4 is 35.8 Å². The molecule has 0 saturated carbocycles. The quantitative estimate of drug-likeness (QED) is 0.101. The molecule has 17 heteroatoms. The first-order valence-corrected chi connectivity index (χ1v) is 20.9. The Morgan fingerprint density at radius 1 is 0.531 bits per heavy atom. The first kappa shape index (κ1) is 46.0. The molecular formula is C47H52O17. The van der Waals surface area contributed by atoms with Crippen molar-refractivity contribution in [2.75, 3.05) is 42.2 Å². The van der Waals surface area contributed by atoms with Crippen LogP contribution in [0.3, 0.4) is 0 Å². The van der Waals surface area contributed by atoms with Crippen molar-refractivity contribution in [3.05, 3.63) is 95.6 Å². The zero-order valence-corrected chi connectivity index (χ0v) is 36.6. The highest BCUT2D eigenvalue weighted by molar-refractivity contribution is 5.94. The summed E-state index contributed by atoms with van der Waals surface area (Å²) in [6.07, 6.45) is -11.1. The van der Waals surface area contributed by atoms with Crippen molar-refractivity contribution < 1.29 is 80.9 Å². The predicted octanol–water partition coefficient (Wildman–Crippen LogP) is 4.02. The van der Waals surface area contributed by atoms with Gasteiger partial charge in [-0.25, -0.2) is 0 Å². The van der Waals surface area contributed by atoms with E-state index in [1.54, 1.807) is 52.3 Å². The van der Waals surface area contributed by atoms with Gasteiger partial charge in [-0.2, -0.15) is 0 Å². The number of benzene rings is 3. The monoisotopic (exact) mass is 888 g/mol. The summed E-state index contributed by atoms with van der Waals surface area (Å²) in [6.45, 7) is 3.43. The summed E-state index contributed by atoms with van der Waals surface area (Å²) in [6, 6.07) is 23.6. The minimum atomic E-state index is -2.18. The van der Waals surface area contributed by atoms with E-state index >= 15 is 0 Å². The Hall–Kier alpha value is -6.04. The lowest BCUT2D eigenvalue weighted by molar-refractivity contribution is -0.217. The summed E-state index contributed by atoms with van der Waals surface area (Å²) in [5.41, 5.74) is -4.03. The topological polar surface area (TPSA) is 204 Å². The average molecular weight is 889 g/mol. The van der Waals surface area contributed by atoms with Crippen LogP contribution in [0.25, 0.3) is 0 Å². The third-order valence-corrected chi connectivity index (χ3v) is 12.9. The molecule has 0 N–H and O–H groups in total. The van der Waals surface area contributed by atoms with E-state index in [-0.39, 0.29) is 25.9 Å². The van der Waals surface area contributed by atoms with E-state index in [1.165, 1.54) is 7.11 Å². The Labute approximate surface area is 369 Å². The van der Waals surface area contributed by atoms with Crippen LogP contribution in [0, 0.1) is 16.7 Å². The molecule has 0 aromatic heterocycles. The number of carbonyl (C=O) groups is 6. The standard InChI is InChI=1S/C47H52O17/c1-8-59-33(49)23-25-35(51)61-37-38(64-47(27-12-10-9-11-13-27,28-14-18-30(54-3)19-15-28)29-16-20-31(55-4)21-17-29)42-45(43(52)57-6)39-26(2)36(60-34(50)24-22-32(48)56-5)40(62-39)46(45,41(37)63-42)44(53)58-7/h9-21,26,36-42H,8,22-25H2,1-7H3. The lowest BCUT2D eigenvalue weighted by Crippen LogP contribution is -2.75. The van der Waals surface area contributed by atoms with Gasteiger partial charge in [0, 0.05) is 5.92 Å². The van der Waals surface area contributed by atoms with Gasteiger partial charge in [-0.05, 0) is 47.9 Å². The molecule has 64 heavy (non-hydrogen) atoms. The number of methoxy groups -OCH3 is 5. The maximum absolute atomic E-state index is 14.9. The van der Waals surface area contributed by atoms with Gasteiger partial charge in [0.1, 0.15) is 58.4 Å². The van der Waals surface area contributed by atoms with Crippen molar-refractivity contribution in [2.45, 2.75) is 87.9 Å². The first-order valence-electron chi connectivity index (χ1n) is 20.9. The van der Waals surface area contributed by atoms with Crippen LogP contribution in [0.5, 0.6) is 11.5 Å². The summed E-state index contributed by atoms with van der Waals surface area (Å²) < 4.78 is 65.3. The van der Waals surface area contributed by atoms with Gasteiger partial charge in [0.05, 0.1) is 73.9 Å². The molecule has 7 rings (SSSR count). The van der Waals surface area contributed by atoms with E-state index in [0.717, 1.165) is 14.2 Å². The van der Waals surface area contributed by atoms with Gasteiger partial charge in [0.2, 0.25) is 0 Å². The molecule has 4 bridgehead atoms. The van der Waals surface area contributed by atoms with E-state index in [9.17, 15) is 28.8 Å². The largest absolute Gasteiger partial charge is 0.497 e. The molecule has 3 aromatic carbocycles. The Morgan fingerprint density at radius 3 is 1.47 bits per heavy atom. The minimum absolute atomic E-state index is 0.0922. The van der Waals surface area contributed by atoms with E-state index in [1.807, 2.05) is 54.6 Å². The normalized spacial score (nSPS) is 28.4. The van der Waals surface area contributed by atoms with Gasteiger partial charge in [0.25, 0.3) is 0 Å². The number of esters is 6. The van der Waals surface area contributed by atoms with E-state index in [0.29, 0.717) is 28.2 Å². The highest BCUT2D eigenvalue weighted by atomic mass is 16.7. The molecule has 0 aliphatic carbocycles. The van der Waals surface area contributed by atoms with Crippen molar-refractivity contribution in [3.63, 3.8) is 0 Å². The number of rotatable bonds is 18. The Bertz CT molecular complexity index is 2160. The number of fused-ring (bicyclic) bond motifs is 9. The average Bonchev–Trinajstić information content (AvgIpc) is 4.04. The molecule has 3 aromatic rings. The van der Waals surface area contributed by atoms with Gasteiger partial charge in [-0.15, -0.1) is 0 Å². The van der Waals surface area contributed by atoms with Crippen LogP contribution in [0.1, 0.15) is 56.2 Å². The fourth-order valence-corrected chi connectivity index (χ4v) is 10.3. The van der Waals surface area contributed by atoms with Crippen LogP contribution in [0.4, 0.5) is 0 Å². The predicted molar refractivity (Wildman–Crippen MR) is 219 cm³/mol. The van der Waals surface area contributed by atoms with E-state index in [4.69, 9.17) is 52.1 Å². The molecule has 4 aliphatic heterocycles. The van der Waals surface area contributed by atoms with Crippen LogP contribution < -0.4 is 9.47 Å². The van der Waals surface area contributed by atoms with Gasteiger partial charge < -0.3 is 52.1 Å². The number of ether oxygens (including phenoxy) is 11. The number of hydrogen-bond donors (Lipinski definition) is 0. The van der Waals surface area contributed by atoms with Crippen LogP contribution in [-0.2, 0) is 77.0 Å². The van der Waals surface area contributed by atoms with Crippen LogP contribution in [-0.4, -0.2) is 121 Å². The van der Waals surface area contributed by atoms with Crippen LogP contribution in [0.2, 0.25) is 0 Å². The minimum Gasteiger partial charge on any atom is -0.497 e. The Kier molecular flexibility index (Phi) is 13.4. The fourth-order valence-electron chi connectivity index (χ4n) is 10.3. The lowest BCUT2D eigenvalue weighted by atomic mass is 9.46. The Morgan fingerprint density at radius 2 is 0.969 bits per heavy atom. The van der Waals surface area contributed by atoms with Crippen molar-refractivity contribution in [2.24, 2.45) is 16.7 Å². The fraction of sp³-hybridized carbons (Fsp3) is 0.489. The molecule has 4 heterocycles. The molecule has 0 radical (unpaired) electrons. The van der Waals surface area contributed by atoms with Gasteiger partial charge in [0.15, 0.2) is 6.10 Å². The maximum Gasteiger partial charge on any atom is 0.318 e. The maximum atomic E-state index is 14.9. The zero-order chi connectivity index (χ0) is 46.0. The highest BCUT2D eigenvalue weighted by Gasteiger charge is 2.94. The second kappa shape index (κ2) is 18.6. The van der Waals surface area contributed by atoms with Crippen molar-refractivity contribution in [3.8, 4) is 11.5 Å². The molecular weight excluding hydrogens is 837 g/mol. The SMILES string of the molecule is CCOC(=O)CCC(=O)OC1C(OC(c2ccccc2)(c2ccc(OC)cc2)c2ccc(OC)cc2)C2OC1C1(C(=O)OC)C3OC(C(C)C3OC(=O)CCC(=O)OC)C21C(=O)OC. The van der Waals surface area contributed by atoms with Gasteiger partial charge in [-0.3, -0.25) is 28.8 Å². The highest BCUT2D eigenvalue weighted by Crippen LogP contribution is 2.74. The second-order valence-corrected chi connectivity index (χ2v) is 15.9. The summed E-state index contributed by atoms with van der Waals surface area (Å²) >= 11 is 0. The molecule has 0 amide bonds. The van der Waals surface area contributed by atoms with Crippen molar-refractivity contribution in [1.82, 2.24) is 0 Å². The number of hydrogen-bond acceptors (Lipinski definition) is 17. The third-order valence-electron chi connectivity index (χ3n) is 12.9. The van der Waals surface area contributed by atoms with Crippen LogP contribution in [0.15, 0.2) is 78.9 Å². The summed E-state index contributed by atoms with van der Waals surface area (Å²) in [7, 11) is 6.56. The van der Waals surface area contributed by atoms with Gasteiger partial charge >= 0.3 is 35.8 Å². The molecule has 4 fully saturated rings. The summed E-state index contributed by atoms with van der Waals surface area (Å²) in [5.74, 6) is -4.49. The zero-order valence-electron chi connectivity index (χ0n) is 36.6. The molecule has 17 nitrogen and oxygen atoms in total. The molecule has 4 saturated heterocycles. The van der Waals surface area contributed by atoms with E-state index < -0.39 is 107 Å². The van der Waals surface area contributed by atoms with E-state index in [2.05, 4.69) is 0 Å². The lowest BCUT2D eigenvalue weighted by Gasteiger charge is -2.54. The summed E-state index contributed by atoms with van der Waals surface area (Å²) in [4.78, 5) is 81.5. The smallest absolute Gasteiger partial charge is 0.318 e. The van der Waals surface area contributed by atoms with Gasteiger partial charge in [-0.1, -0.05) is 61.5 Å². The second-order valence-electron chi connectivity index (χ2n) is 15.9. The molecule has 10 unspecified atom stereocenters. The summed E-state index contributed by atoms with van der Waals surface area (Å²) in [5, 5.41) is 0. The molecule has 342 valence electrons. The molecule has 0 spiro atoms. The van der Waals surface area contributed by atoms with Crippen LogP contribution >= 0.6 is 0 Å². The number of carbonyl (C=O) groups excluding carboxylic acids is 6. The van der Waals surface area contributed by atoms with Crippen molar-refractivity contribution in [1.29, 1.82) is 0 Å².